The maximum absolute atomic E-state index is 11.9. The van der Waals surface area contributed by atoms with E-state index in [1.54, 1.807) is 6.92 Å². The van der Waals surface area contributed by atoms with Crippen LogP contribution in [-0.4, -0.2) is 22.9 Å². The zero-order valence-electron chi connectivity index (χ0n) is 14.7. The van der Waals surface area contributed by atoms with Gasteiger partial charge in [0.25, 0.3) is 5.91 Å². The molecule has 0 radical (unpaired) electrons. The number of fused-ring (bicyclic) bond motifs is 1. The number of carbonyl (C=O) groups excluding carboxylic acids is 2. The Kier molecular flexibility index (Phi) is 4.76. The molecule has 0 unspecified atom stereocenters. The summed E-state index contributed by atoms with van der Waals surface area (Å²) in [6.45, 7) is 7.68. The fraction of sp³-hybridized carbons (Fsp3) is 0.389. The molecule has 2 heterocycles. The van der Waals surface area contributed by atoms with E-state index in [4.69, 9.17) is 4.74 Å². The van der Waals surface area contributed by atoms with Gasteiger partial charge in [0.1, 0.15) is 5.75 Å². The molecular formula is C18H21N3O3S. The highest BCUT2D eigenvalue weighted by atomic mass is 32.1. The van der Waals surface area contributed by atoms with E-state index in [0.29, 0.717) is 28.9 Å². The number of nitrogens with one attached hydrogen (secondary N) is 2. The molecule has 0 saturated heterocycles. The van der Waals surface area contributed by atoms with Gasteiger partial charge in [-0.3, -0.25) is 9.59 Å². The molecule has 1 aliphatic heterocycles. The molecular weight excluding hydrogens is 338 g/mol. The van der Waals surface area contributed by atoms with Crippen LogP contribution in [0.1, 0.15) is 32.1 Å². The highest BCUT2D eigenvalue weighted by Crippen LogP contribution is 2.36. The molecule has 7 heteroatoms. The monoisotopic (exact) mass is 359 g/mol. The van der Waals surface area contributed by atoms with Crippen molar-refractivity contribution in [2.45, 2.75) is 40.2 Å². The van der Waals surface area contributed by atoms with Crippen LogP contribution in [0.4, 0.5) is 10.8 Å². The number of benzene rings is 1. The van der Waals surface area contributed by atoms with Crippen LogP contribution in [0.25, 0.3) is 11.3 Å². The van der Waals surface area contributed by atoms with E-state index in [1.807, 2.05) is 39.0 Å². The lowest BCUT2D eigenvalue weighted by Crippen LogP contribution is -2.34. The smallest absolute Gasteiger partial charge is 0.265 e. The first-order valence-electron chi connectivity index (χ1n) is 8.22. The van der Waals surface area contributed by atoms with Crippen molar-refractivity contribution >= 4 is 34.0 Å². The van der Waals surface area contributed by atoms with Gasteiger partial charge in [0.15, 0.2) is 11.2 Å². The Labute approximate surface area is 150 Å². The first-order chi connectivity index (χ1) is 11.8. The van der Waals surface area contributed by atoms with Crippen molar-refractivity contribution in [3.8, 4) is 17.0 Å². The number of aryl methyl sites for hydroxylation is 1. The van der Waals surface area contributed by atoms with Gasteiger partial charge in [-0.25, -0.2) is 4.98 Å². The van der Waals surface area contributed by atoms with Gasteiger partial charge in [-0.05, 0) is 38.0 Å². The molecule has 6 nitrogen and oxygen atoms in total. The van der Waals surface area contributed by atoms with Crippen LogP contribution in [0.3, 0.4) is 0 Å². The summed E-state index contributed by atoms with van der Waals surface area (Å²) in [4.78, 5) is 29.3. The van der Waals surface area contributed by atoms with Crippen LogP contribution < -0.4 is 15.4 Å². The van der Waals surface area contributed by atoms with Gasteiger partial charge in [0, 0.05) is 16.9 Å². The van der Waals surface area contributed by atoms with Gasteiger partial charge in [0.2, 0.25) is 5.91 Å². The second kappa shape index (κ2) is 6.84. The third-order valence-electron chi connectivity index (χ3n) is 3.82. The van der Waals surface area contributed by atoms with E-state index in [-0.39, 0.29) is 11.8 Å². The molecule has 0 bridgehead atoms. The number of thiazole rings is 1. The van der Waals surface area contributed by atoms with Crippen molar-refractivity contribution in [3.63, 3.8) is 0 Å². The lowest BCUT2D eigenvalue weighted by atomic mass is 10.1. The largest absolute Gasteiger partial charge is 0.479 e. The summed E-state index contributed by atoms with van der Waals surface area (Å²) in [5.41, 5.74) is 2.30. The lowest BCUT2D eigenvalue weighted by Gasteiger charge is -2.23. The van der Waals surface area contributed by atoms with E-state index < -0.39 is 6.10 Å². The van der Waals surface area contributed by atoms with E-state index >= 15 is 0 Å². The fourth-order valence-corrected chi connectivity index (χ4v) is 3.47. The normalized spacial score (nSPS) is 16.2. The lowest BCUT2D eigenvalue weighted by molar-refractivity contribution is -0.122. The van der Waals surface area contributed by atoms with E-state index in [2.05, 4.69) is 15.6 Å². The molecule has 1 aromatic carbocycles. The quantitative estimate of drug-likeness (QED) is 0.869. The summed E-state index contributed by atoms with van der Waals surface area (Å²) in [6.07, 6.45) is -0.0314. The van der Waals surface area contributed by atoms with Crippen molar-refractivity contribution < 1.29 is 14.3 Å². The number of hydrogen-bond donors (Lipinski definition) is 2. The topological polar surface area (TPSA) is 80.3 Å². The third-order valence-corrected chi connectivity index (χ3v) is 4.71. The summed E-state index contributed by atoms with van der Waals surface area (Å²) < 4.78 is 5.57. The van der Waals surface area contributed by atoms with E-state index in [0.717, 1.165) is 16.1 Å². The highest BCUT2D eigenvalue weighted by Gasteiger charge is 2.24. The van der Waals surface area contributed by atoms with Gasteiger partial charge in [-0.15, -0.1) is 11.3 Å². The highest BCUT2D eigenvalue weighted by molar-refractivity contribution is 7.16. The Morgan fingerprint density at radius 2 is 2.20 bits per heavy atom. The van der Waals surface area contributed by atoms with Gasteiger partial charge in [-0.1, -0.05) is 13.8 Å². The summed E-state index contributed by atoms with van der Waals surface area (Å²) in [5.74, 6) is 0.748. The van der Waals surface area contributed by atoms with Crippen molar-refractivity contribution in [2.75, 3.05) is 10.6 Å². The predicted molar refractivity (Wildman–Crippen MR) is 99.1 cm³/mol. The molecule has 0 spiro atoms. The number of ether oxygens (including phenoxy) is 1. The Morgan fingerprint density at radius 3 is 2.92 bits per heavy atom. The zero-order valence-corrected chi connectivity index (χ0v) is 15.5. The van der Waals surface area contributed by atoms with E-state index in [1.165, 1.54) is 11.3 Å². The minimum atomic E-state index is -0.498. The van der Waals surface area contributed by atoms with Crippen LogP contribution in [0.5, 0.6) is 5.75 Å². The average molecular weight is 359 g/mol. The Balaban J connectivity index is 1.84. The first-order valence-corrected chi connectivity index (χ1v) is 9.04. The number of carbonyl (C=O) groups is 2. The number of rotatable bonds is 4. The SMILES string of the molecule is Cc1sc(NC(=O)CC(C)C)nc1-c1ccc2c(c1)NC(=O)[C@H](C)O2. The van der Waals surface area contributed by atoms with Crippen LogP contribution in [0.2, 0.25) is 0 Å². The Bertz CT molecular complexity index is 829. The summed E-state index contributed by atoms with van der Waals surface area (Å²) in [7, 11) is 0. The molecule has 1 aromatic heterocycles. The summed E-state index contributed by atoms with van der Waals surface area (Å²) in [6, 6.07) is 5.59. The molecule has 132 valence electrons. The maximum atomic E-state index is 11.9. The maximum Gasteiger partial charge on any atom is 0.265 e. The summed E-state index contributed by atoms with van der Waals surface area (Å²) >= 11 is 1.44. The second-order valence-electron chi connectivity index (χ2n) is 6.53. The standard InChI is InChI=1S/C18H21N3O3S/c1-9(2)7-15(22)20-18-21-16(11(4)25-18)12-5-6-14-13(8-12)19-17(23)10(3)24-14/h5-6,8-10H,7H2,1-4H3,(H,19,23)(H,20,21,22)/t10-/m0/s1. The molecule has 1 aliphatic rings. The van der Waals surface area contributed by atoms with Crippen molar-refractivity contribution in [3.05, 3.63) is 23.1 Å². The second-order valence-corrected chi connectivity index (χ2v) is 7.73. The molecule has 0 saturated carbocycles. The van der Waals surface area contributed by atoms with Gasteiger partial charge in [0.05, 0.1) is 11.4 Å². The molecule has 0 aliphatic carbocycles. The number of nitrogens with zero attached hydrogens (tertiary/aromatic N) is 1. The first kappa shape index (κ1) is 17.4. The van der Waals surface area contributed by atoms with Gasteiger partial charge >= 0.3 is 0 Å². The zero-order chi connectivity index (χ0) is 18.1. The summed E-state index contributed by atoms with van der Waals surface area (Å²) in [5, 5.41) is 6.28. The molecule has 1 atom stereocenters. The molecule has 0 fully saturated rings. The van der Waals surface area contributed by atoms with Gasteiger partial charge in [-0.2, -0.15) is 0 Å². The van der Waals surface area contributed by atoms with Gasteiger partial charge < -0.3 is 15.4 Å². The van der Waals surface area contributed by atoms with Crippen molar-refractivity contribution in [2.24, 2.45) is 5.92 Å². The van der Waals surface area contributed by atoms with Crippen LogP contribution in [-0.2, 0) is 9.59 Å². The Hall–Kier alpha value is -2.41. The van der Waals surface area contributed by atoms with Crippen LogP contribution in [0.15, 0.2) is 18.2 Å². The molecule has 25 heavy (non-hydrogen) atoms. The third kappa shape index (κ3) is 3.82. The molecule has 2 amide bonds. The number of amides is 2. The Morgan fingerprint density at radius 1 is 1.44 bits per heavy atom. The average Bonchev–Trinajstić information content (AvgIpc) is 2.87. The van der Waals surface area contributed by atoms with Crippen molar-refractivity contribution in [1.82, 2.24) is 4.98 Å². The minimum Gasteiger partial charge on any atom is -0.479 e. The predicted octanol–water partition coefficient (Wildman–Crippen LogP) is 3.82. The van der Waals surface area contributed by atoms with E-state index in [9.17, 15) is 9.59 Å². The number of aromatic nitrogens is 1. The molecule has 2 aromatic rings. The van der Waals surface area contributed by atoms with Crippen molar-refractivity contribution in [1.29, 1.82) is 0 Å². The fourth-order valence-electron chi connectivity index (χ4n) is 2.61. The molecule has 2 N–H and O–H groups in total. The minimum absolute atomic E-state index is 0.0320. The number of anilines is 2. The van der Waals surface area contributed by atoms with Crippen LogP contribution in [0, 0.1) is 12.8 Å². The number of hydrogen-bond acceptors (Lipinski definition) is 5. The van der Waals surface area contributed by atoms with Crippen LogP contribution >= 0.6 is 11.3 Å². The molecule has 3 rings (SSSR count).